The molecule has 1 N–H and O–H groups in total. The van der Waals surface area contributed by atoms with Crippen LogP contribution in [0.3, 0.4) is 0 Å². The summed E-state index contributed by atoms with van der Waals surface area (Å²) in [5, 5.41) is 2.79. The van der Waals surface area contributed by atoms with Gasteiger partial charge >= 0.3 is 5.76 Å². The molecule has 0 fully saturated rings. The minimum absolute atomic E-state index is 0.0762. The summed E-state index contributed by atoms with van der Waals surface area (Å²) in [6.45, 7) is 3.81. The Morgan fingerprint density at radius 1 is 1.61 bits per heavy atom. The fourth-order valence-corrected chi connectivity index (χ4v) is 1.61. The number of fused-ring (bicyclic) bond motifs is 1. The SMILES string of the molecule is CCC(C)NC(=O)Cn1c(=O)oc2cccnc21. The van der Waals surface area contributed by atoms with Crippen LogP contribution in [0.1, 0.15) is 20.3 Å². The van der Waals surface area contributed by atoms with Crippen molar-refractivity contribution in [2.24, 2.45) is 0 Å². The molecule has 96 valence electrons. The third-order valence-electron chi connectivity index (χ3n) is 2.75. The van der Waals surface area contributed by atoms with Crippen LogP contribution in [0.2, 0.25) is 0 Å². The van der Waals surface area contributed by atoms with Gasteiger partial charge in [-0.2, -0.15) is 0 Å². The van der Waals surface area contributed by atoms with Gasteiger partial charge in [-0.05, 0) is 25.5 Å². The number of nitrogens with zero attached hydrogens (tertiary/aromatic N) is 2. The standard InChI is InChI=1S/C12H15N3O3/c1-3-8(2)14-10(16)7-15-11-9(18-12(15)17)5-4-6-13-11/h4-6,8H,3,7H2,1-2H3,(H,14,16). The molecule has 6 heteroatoms. The van der Waals surface area contributed by atoms with Crippen LogP contribution in [-0.4, -0.2) is 21.5 Å². The number of oxazole rings is 1. The molecule has 1 atom stereocenters. The molecule has 0 aliphatic carbocycles. The highest BCUT2D eigenvalue weighted by Gasteiger charge is 2.14. The molecule has 2 aromatic heterocycles. The molecule has 0 saturated carbocycles. The number of amides is 1. The Balaban J connectivity index is 2.24. The van der Waals surface area contributed by atoms with E-state index < -0.39 is 5.76 Å². The highest BCUT2D eigenvalue weighted by atomic mass is 16.4. The van der Waals surface area contributed by atoms with Crippen LogP contribution in [0.4, 0.5) is 0 Å². The van der Waals surface area contributed by atoms with Crippen LogP contribution >= 0.6 is 0 Å². The molecule has 0 saturated heterocycles. The van der Waals surface area contributed by atoms with E-state index >= 15 is 0 Å². The van der Waals surface area contributed by atoms with Gasteiger partial charge in [0.25, 0.3) is 0 Å². The second-order valence-corrected chi connectivity index (χ2v) is 4.16. The normalized spacial score (nSPS) is 12.6. The van der Waals surface area contributed by atoms with Gasteiger partial charge in [0.15, 0.2) is 11.2 Å². The molecule has 0 aromatic carbocycles. The highest BCUT2D eigenvalue weighted by Crippen LogP contribution is 2.08. The van der Waals surface area contributed by atoms with Gasteiger partial charge in [0.2, 0.25) is 5.91 Å². The Kier molecular flexibility index (Phi) is 3.45. The minimum Gasteiger partial charge on any atom is -0.406 e. The van der Waals surface area contributed by atoms with Gasteiger partial charge < -0.3 is 9.73 Å². The van der Waals surface area contributed by atoms with Crippen molar-refractivity contribution in [3.05, 3.63) is 28.9 Å². The number of rotatable bonds is 4. The van der Waals surface area contributed by atoms with Crippen molar-refractivity contribution < 1.29 is 9.21 Å². The molecule has 18 heavy (non-hydrogen) atoms. The molecular formula is C12H15N3O3. The van der Waals surface area contributed by atoms with Crippen LogP contribution in [-0.2, 0) is 11.3 Å². The number of hydrogen-bond donors (Lipinski definition) is 1. The Bertz CT molecular complexity index is 614. The second kappa shape index (κ2) is 5.03. The first-order valence-electron chi connectivity index (χ1n) is 5.85. The predicted octanol–water partition coefficient (Wildman–Crippen LogP) is 0.904. The largest absolute Gasteiger partial charge is 0.421 e. The molecule has 2 rings (SSSR count). The smallest absolute Gasteiger partial charge is 0.406 e. The van der Waals surface area contributed by atoms with Gasteiger partial charge in [0, 0.05) is 12.2 Å². The first kappa shape index (κ1) is 12.3. The van der Waals surface area contributed by atoms with E-state index in [1.165, 1.54) is 4.57 Å². The number of carbonyl (C=O) groups is 1. The second-order valence-electron chi connectivity index (χ2n) is 4.16. The van der Waals surface area contributed by atoms with Crippen molar-refractivity contribution in [1.82, 2.24) is 14.9 Å². The third kappa shape index (κ3) is 2.42. The van der Waals surface area contributed by atoms with Crippen LogP contribution in [0.5, 0.6) is 0 Å². The summed E-state index contributed by atoms with van der Waals surface area (Å²) < 4.78 is 6.23. The van der Waals surface area contributed by atoms with E-state index in [4.69, 9.17) is 4.42 Å². The van der Waals surface area contributed by atoms with Crippen molar-refractivity contribution in [1.29, 1.82) is 0 Å². The van der Waals surface area contributed by atoms with E-state index in [0.717, 1.165) is 6.42 Å². The molecule has 0 spiro atoms. The van der Waals surface area contributed by atoms with E-state index in [9.17, 15) is 9.59 Å². The van der Waals surface area contributed by atoms with Crippen LogP contribution in [0.15, 0.2) is 27.5 Å². The summed E-state index contributed by atoms with van der Waals surface area (Å²) in [6, 6.07) is 3.40. The zero-order chi connectivity index (χ0) is 13.1. The minimum atomic E-state index is -0.567. The van der Waals surface area contributed by atoms with E-state index in [1.807, 2.05) is 13.8 Å². The number of nitrogens with one attached hydrogen (secondary N) is 1. The van der Waals surface area contributed by atoms with Crippen LogP contribution < -0.4 is 11.1 Å². The molecule has 2 heterocycles. The van der Waals surface area contributed by atoms with Gasteiger partial charge in [0.1, 0.15) is 6.54 Å². The molecule has 1 amide bonds. The van der Waals surface area contributed by atoms with Gasteiger partial charge in [-0.25, -0.2) is 14.3 Å². The lowest BCUT2D eigenvalue weighted by Crippen LogP contribution is -2.36. The fourth-order valence-electron chi connectivity index (χ4n) is 1.61. The van der Waals surface area contributed by atoms with Crippen LogP contribution in [0.25, 0.3) is 11.2 Å². The highest BCUT2D eigenvalue weighted by molar-refractivity contribution is 5.78. The molecule has 0 aliphatic heterocycles. The average Bonchev–Trinajstić information content (AvgIpc) is 2.66. The lowest BCUT2D eigenvalue weighted by Gasteiger charge is -2.10. The molecule has 0 aliphatic rings. The number of aromatic nitrogens is 2. The third-order valence-corrected chi connectivity index (χ3v) is 2.75. The maximum absolute atomic E-state index is 11.7. The van der Waals surface area contributed by atoms with E-state index in [0.29, 0.717) is 11.2 Å². The Labute approximate surface area is 104 Å². The first-order chi connectivity index (χ1) is 8.61. The zero-order valence-corrected chi connectivity index (χ0v) is 10.3. The Hall–Kier alpha value is -2.11. The van der Waals surface area contributed by atoms with E-state index in [-0.39, 0.29) is 18.5 Å². The van der Waals surface area contributed by atoms with Crippen molar-refractivity contribution in [2.75, 3.05) is 0 Å². The summed E-state index contributed by atoms with van der Waals surface area (Å²) in [5.74, 6) is -0.789. The van der Waals surface area contributed by atoms with Gasteiger partial charge in [-0.1, -0.05) is 6.92 Å². The summed E-state index contributed by atoms with van der Waals surface area (Å²) >= 11 is 0. The van der Waals surface area contributed by atoms with Crippen molar-refractivity contribution in [2.45, 2.75) is 32.9 Å². The zero-order valence-electron chi connectivity index (χ0n) is 10.3. The summed E-state index contributed by atoms with van der Waals surface area (Å²) in [5.41, 5.74) is 0.778. The average molecular weight is 249 g/mol. The molecular weight excluding hydrogens is 234 g/mol. The summed E-state index contributed by atoms with van der Waals surface area (Å²) in [7, 11) is 0. The molecule has 1 unspecified atom stereocenters. The predicted molar refractivity (Wildman–Crippen MR) is 66.2 cm³/mol. The maximum atomic E-state index is 11.7. The van der Waals surface area contributed by atoms with Gasteiger partial charge in [-0.15, -0.1) is 0 Å². The quantitative estimate of drug-likeness (QED) is 0.873. The van der Waals surface area contributed by atoms with Crippen molar-refractivity contribution >= 4 is 17.1 Å². The van der Waals surface area contributed by atoms with E-state index in [2.05, 4.69) is 10.3 Å². The van der Waals surface area contributed by atoms with Crippen molar-refractivity contribution in [3.8, 4) is 0 Å². The monoisotopic (exact) mass is 249 g/mol. The molecule has 0 bridgehead atoms. The molecule has 2 aromatic rings. The first-order valence-corrected chi connectivity index (χ1v) is 5.85. The molecule has 6 nitrogen and oxygen atoms in total. The Morgan fingerprint density at radius 2 is 2.39 bits per heavy atom. The Morgan fingerprint density at radius 3 is 3.11 bits per heavy atom. The summed E-state index contributed by atoms with van der Waals surface area (Å²) in [6.07, 6.45) is 2.39. The number of carbonyl (C=O) groups excluding carboxylic acids is 1. The maximum Gasteiger partial charge on any atom is 0.421 e. The van der Waals surface area contributed by atoms with Crippen LogP contribution in [0, 0.1) is 0 Å². The van der Waals surface area contributed by atoms with Crippen molar-refractivity contribution in [3.63, 3.8) is 0 Å². The van der Waals surface area contributed by atoms with Gasteiger partial charge in [-0.3, -0.25) is 4.79 Å². The van der Waals surface area contributed by atoms with E-state index in [1.54, 1.807) is 18.3 Å². The van der Waals surface area contributed by atoms with Gasteiger partial charge in [0.05, 0.1) is 0 Å². The fraction of sp³-hybridized carbons (Fsp3) is 0.417. The summed E-state index contributed by atoms with van der Waals surface area (Å²) in [4.78, 5) is 27.4. The number of hydrogen-bond acceptors (Lipinski definition) is 4. The lowest BCUT2D eigenvalue weighted by molar-refractivity contribution is -0.122. The lowest BCUT2D eigenvalue weighted by atomic mass is 10.2. The topological polar surface area (TPSA) is 77.1 Å². The molecule has 0 radical (unpaired) electrons. The number of pyridine rings is 1.